The van der Waals surface area contributed by atoms with Crippen molar-refractivity contribution in [1.29, 1.82) is 0 Å². The van der Waals surface area contributed by atoms with E-state index in [0.717, 1.165) is 5.75 Å². The predicted molar refractivity (Wildman–Crippen MR) is 69.9 cm³/mol. The standard InChI is InChI=1S/C11H19O3S2/c1-2-10(12)14-5-6-15-11(13)9-16-7-3-4-8-16/h2-9H2,1H3/q+1. The molecule has 5 heteroatoms. The monoisotopic (exact) mass is 263 g/mol. The largest absolute Gasteiger partial charge is 0.465 e. The van der Waals surface area contributed by atoms with E-state index in [2.05, 4.69) is 0 Å². The third-order valence-corrected chi connectivity index (χ3v) is 5.76. The quantitative estimate of drug-likeness (QED) is 0.415. The second-order valence-corrected chi connectivity index (χ2v) is 7.15. The van der Waals surface area contributed by atoms with Crippen LogP contribution in [0.3, 0.4) is 0 Å². The van der Waals surface area contributed by atoms with Crippen molar-refractivity contribution in [3.05, 3.63) is 0 Å². The highest BCUT2D eigenvalue weighted by Gasteiger charge is 2.26. The number of esters is 1. The molecule has 0 aromatic heterocycles. The fourth-order valence-corrected chi connectivity index (χ4v) is 4.76. The molecule has 0 amide bonds. The molecule has 0 aromatic carbocycles. The normalized spacial score (nSPS) is 16.3. The number of ether oxygens (including phenoxy) is 1. The highest BCUT2D eigenvalue weighted by Crippen LogP contribution is 2.16. The van der Waals surface area contributed by atoms with Gasteiger partial charge < -0.3 is 4.74 Å². The van der Waals surface area contributed by atoms with Crippen molar-refractivity contribution in [2.24, 2.45) is 0 Å². The smallest absolute Gasteiger partial charge is 0.305 e. The summed E-state index contributed by atoms with van der Waals surface area (Å²) in [6, 6.07) is 0. The zero-order chi connectivity index (χ0) is 11.8. The summed E-state index contributed by atoms with van der Waals surface area (Å²) in [5.74, 6) is 3.60. The number of hydrogen-bond acceptors (Lipinski definition) is 4. The Hall–Kier alpha value is -0.160. The van der Waals surface area contributed by atoms with Gasteiger partial charge in [0.2, 0.25) is 5.12 Å². The molecular formula is C11H19O3S2+. The first kappa shape index (κ1) is 13.9. The summed E-state index contributed by atoms with van der Waals surface area (Å²) in [4.78, 5) is 22.4. The van der Waals surface area contributed by atoms with Crippen LogP contribution >= 0.6 is 11.8 Å². The maximum Gasteiger partial charge on any atom is 0.305 e. The molecule has 0 bridgehead atoms. The lowest BCUT2D eigenvalue weighted by Gasteiger charge is -2.02. The van der Waals surface area contributed by atoms with Gasteiger partial charge in [-0.05, 0) is 23.7 Å². The molecule has 1 fully saturated rings. The average molecular weight is 263 g/mol. The van der Waals surface area contributed by atoms with Crippen molar-refractivity contribution in [1.82, 2.24) is 0 Å². The Kier molecular flexibility index (Phi) is 6.96. The van der Waals surface area contributed by atoms with E-state index in [1.165, 1.54) is 36.1 Å². The zero-order valence-corrected chi connectivity index (χ0v) is 11.3. The number of carbonyl (C=O) groups excluding carboxylic acids is 2. The molecule has 3 nitrogen and oxygen atoms in total. The lowest BCUT2D eigenvalue weighted by molar-refractivity contribution is -0.142. The average Bonchev–Trinajstić information content (AvgIpc) is 2.76. The van der Waals surface area contributed by atoms with Crippen LogP contribution in [0, 0.1) is 0 Å². The van der Waals surface area contributed by atoms with Crippen LogP contribution in [0.2, 0.25) is 0 Å². The topological polar surface area (TPSA) is 43.4 Å². The van der Waals surface area contributed by atoms with Gasteiger partial charge in [0, 0.05) is 12.2 Å². The Balaban J connectivity index is 1.99. The van der Waals surface area contributed by atoms with Crippen LogP contribution in [0.1, 0.15) is 26.2 Å². The summed E-state index contributed by atoms with van der Waals surface area (Å²) in [6.07, 6.45) is 2.98. The Labute approximate surface area is 104 Å². The van der Waals surface area contributed by atoms with Crippen LogP contribution in [0.15, 0.2) is 0 Å². The van der Waals surface area contributed by atoms with Crippen LogP contribution < -0.4 is 0 Å². The molecule has 0 N–H and O–H groups in total. The summed E-state index contributed by atoms with van der Waals surface area (Å²) in [7, 11) is 0.349. The van der Waals surface area contributed by atoms with E-state index in [0.29, 0.717) is 29.7 Å². The molecule has 0 aliphatic carbocycles. The third kappa shape index (κ3) is 5.80. The van der Waals surface area contributed by atoms with Crippen LogP contribution in [0.5, 0.6) is 0 Å². The minimum absolute atomic E-state index is 0.189. The molecule has 1 rings (SSSR count). The van der Waals surface area contributed by atoms with Gasteiger partial charge in [-0.1, -0.05) is 18.7 Å². The van der Waals surface area contributed by atoms with Crippen molar-refractivity contribution in [3.8, 4) is 0 Å². The first-order valence-corrected chi connectivity index (χ1v) is 8.39. The number of carbonyl (C=O) groups is 2. The Morgan fingerprint density at radius 1 is 1.31 bits per heavy atom. The van der Waals surface area contributed by atoms with E-state index < -0.39 is 0 Å². The van der Waals surface area contributed by atoms with Gasteiger partial charge in [-0.2, -0.15) is 0 Å². The fourth-order valence-electron chi connectivity index (χ4n) is 1.48. The number of rotatable bonds is 6. The summed E-state index contributed by atoms with van der Waals surface area (Å²) in [5, 5.41) is 0.262. The molecule has 1 saturated heterocycles. The SMILES string of the molecule is CCC(=O)OCCSC(=O)C[S+]1CCCC1. The Morgan fingerprint density at radius 2 is 2.00 bits per heavy atom. The van der Waals surface area contributed by atoms with Gasteiger partial charge in [0.1, 0.15) is 18.1 Å². The van der Waals surface area contributed by atoms with Gasteiger partial charge in [-0.3, -0.25) is 9.59 Å². The first-order valence-electron chi connectivity index (χ1n) is 5.67. The highest BCUT2D eigenvalue weighted by atomic mass is 32.2. The Morgan fingerprint density at radius 3 is 2.62 bits per heavy atom. The summed E-state index contributed by atoms with van der Waals surface area (Å²) in [5.41, 5.74) is 0. The van der Waals surface area contributed by atoms with Crippen LogP contribution in [0.25, 0.3) is 0 Å². The van der Waals surface area contributed by atoms with Crippen molar-refractivity contribution in [3.63, 3.8) is 0 Å². The molecule has 0 radical (unpaired) electrons. The molecule has 0 unspecified atom stereocenters. The summed E-state index contributed by atoms with van der Waals surface area (Å²) < 4.78 is 4.90. The van der Waals surface area contributed by atoms with Crippen molar-refractivity contribution < 1.29 is 14.3 Å². The van der Waals surface area contributed by atoms with E-state index in [-0.39, 0.29) is 11.1 Å². The van der Waals surface area contributed by atoms with Gasteiger partial charge in [0.05, 0.1) is 0 Å². The van der Waals surface area contributed by atoms with E-state index in [1.807, 2.05) is 0 Å². The third-order valence-electron chi connectivity index (χ3n) is 2.34. The predicted octanol–water partition coefficient (Wildman–Crippen LogP) is 1.61. The molecule has 1 aliphatic heterocycles. The summed E-state index contributed by atoms with van der Waals surface area (Å²) >= 11 is 1.31. The molecule has 92 valence electrons. The molecule has 16 heavy (non-hydrogen) atoms. The van der Waals surface area contributed by atoms with Gasteiger partial charge in [-0.15, -0.1) is 0 Å². The van der Waals surface area contributed by atoms with Gasteiger partial charge in [0.25, 0.3) is 0 Å². The van der Waals surface area contributed by atoms with Gasteiger partial charge >= 0.3 is 5.97 Å². The Bertz CT molecular complexity index is 237. The minimum atomic E-state index is -0.189. The highest BCUT2D eigenvalue weighted by molar-refractivity contribution is 8.15. The van der Waals surface area contributed by atoms with Crippen LogP contribution in [-0.2, 0) is 25.2 Å². The molecule has 0 saturated carbocycles. The van der Waals surface area contributed by atoms with E-state index >= 15 is 0 Å². The number of thioether (sulfide) groups is 1. The lowest BCUT2D eigenvalue weighted by atomic mass is 10.4. The zero-order valence-electron chi connectivity index (χ0n) is 9.70. The van der Waals surface area contributed by atoms with Gasteiger partial charge in [-0.25, -0.2) is 0 Å². The molecule has 0 aromatic rings. The minimum Gasteiger partial charge on any atom is -0.465 e. The van der Waals surface area contributed by atoms with E-state index in [9.17, 15) is 9.59 Å². The molecular weight excluding hydrogens is 244 g/mol. The van der Waals surface area contributed by atoms with Crippen LogP contribution in [0.4, 0.5) is 0 Å². The van der Waals surface area contributed by atoms with Crippen molar-refractivity contribution >= 4 is 33.7 Å². The van der Waals surface area contributed by atoms with E-state index in [4.69, 9.17) is 4.74 Å². The second kappa shape index (κ2) is 8.01. The van der Waals surface area contributed by atoms with Gasteiger partial charge in [0.15, 0.2) is 5.75 Å². The summed E-state index contributed by atoms with van der Waals surface area (Å²) in [6.45, 7) is 2.12. The first-order chi connectivity index (χ1) is 7.72. The number of hydrogen-bond donors (Lipinski definition) is 0. The second-order valence-electron chi connectivity index (χ2n) is 3.67. The lowest BCUT2D eigenvalue weighted by Crippen LogP contribution is -2.16. The molecule has 1 heterocycles. The fraction of sp³-hybridized carbons (Fsp3) is 0.818. The molecule has 1 aliphatic rings. The molecule has 0 atom stereocenters. The van der Waals surface area contributed by atoms with Crippen LogP contribution in [-0.4, -0.2) is 40.7 Å². The maximum absolute atomic E-state index is 11.5. The van der Waals surface area contributed by atoms with E-state index in [1.54, 1.807) is 6.92 Å². The molecule has 0 spiro atoms. The van der Waals surface area contributed by atoms with Crippen molar-refractivity contribution in [2.45, 2.75) is 26.2 Å². The van der Waals surface area contributed by atoms with Crippen molar-refractivity contribution in [2.75, 3.05) is 29.6 Å². The maximum atomic E-state index is 11.5.